The van der Waals surface area contributed by atoms with Gasteiger partial charge in [0.1, 0.15) is 5.69 Å². The van der Waals surface area contributed by atoms with Gasteiger partial charge in [-0.2, -0.15) is 0 Å². The molecular formula is C15H17N5OS. The van der Waals surface area contributed by atoms with Crippen molar-refractivity contribution in [3.05, 3.63) is 42.2 Å². The van der Waals surface area contributed by atoms with Gasteiger partial charge in [0.2, 0.25) is 0 Å². The smallest absolute Gasteiger partial charge is 0.267 e. The molecule has 2 aromatic rings. The summed E-state index contributed by atoms with van der Waals surface area (Å²) < 4.78 is 0. The van der Waals surface area contributed by atoms with Crippen LogP contribution in [0.5, 0.6) is 0 Å². The van der Waals surface area contributed by atoms with Crippen molar-refractivity contribution in [3.63, 3.8) is 0 Å². The average Bonchev–Trinajstić information content (AvgIpc) is 2.56. The zero-order valence-corrected chi connectivity index (χ0v) is 12.8. The van der Waals surface area contributed by atoms with Crippen molar-refractivity contribution in [1.82, 2.24) is 15.3 Å². The fraction of sp³-hybridized carbons (Fsp3) is 0.267. The third kappa shape index (κ3) is 3.55. The lowest BCUT2D eigenvalue weighted by atomic mass is 10.2. The second-order valence-corrected chi connectivity index (χ2v) is 5.96. The SMILES string of the molecule is NC(=O)c1ccnc(Sc2ccc(N3CCNCC3)cc2)n1. The average molecular weight is 315 g/mol. The van der Waals surface area contributed by atoms with E-state index < -0.39 is 5.91 Å². The van der Waals surface area contributed by atoms with Gasteiger partial charge in [0.15, 0.2) is 5.16 Å². The van der Waals surface area contributed by atoms with Crippen LogP contribution < -0.4 is 16.0 Å². The first kappa shape index (κ1) is 14.8. The van der Waals surface area contributed by atoms with Gasteiger partial charge < -0.3 is 16.0 Å². The highest BCUT2D eigenvalue weighted by atomic mass is 32.2. The van der Waals surface area contributed by atoms with Crippen LogP contribution in [0.1, 0.15) is 10.5 Å². The van der Waals surface area contributed by atoms with Crippen LogP contribution in [0.2, 0.25) is 0 Å². The molecule has 0 radical (unpaired) electrons. The molecule has 1 aliphatic rings. The van der Waals surface area contributed by atoms with E-state index in [4.69, 9.17) is 5.73 Å². The summed E-state index contributed by atoms with van der Waals surface area (Å²) in [7, 11) is 0. The lowest BCUT2D eigenvalue weighted by molar-refractivity contribution is 0.0994. The maximum atomic E-state index is 11.1. The fourth-order valence-corrected chi connectivity index (χ4v) is 3.02. The van der Waals surface area contributed by atoms with Gasteiger partial charge in [-0.1, -0.05) is 0 Å². The lowest BCUT2D eigenvalue weighted by Crippen LogP contribution is -2.43. The molecule has 1 amide bonds. The van der Waals surface area contributed by atoms with E-state index in [0.29, 0.717) is 5.16 Å². The molecule has 0 spiro atoms. The Kier molecular flexibility index (Phi) is 4.55. The van der Waals surface area contributed by atoms with E-state index >= 15 is 0 Å². The van der Waals surface area contributed by atoms with Crippen LogP contribution in [0, 0.1) is 0 Å². The minimum absolute atomic E-state index is 0.231. The summed E-state index contributed by atoms with van der Waals surface area (Å²) in [5.74, 6) is -0.543. The highest BCUT2D eigenvalue weighted by Crippen LogP contribution is 2.26. The third-order valence-electron chi connectivity index (χ3n) is 3.41. The molecular weight excluding hydrogens is 298 g/mol. The van der Waals surface area contributed by atoms with Crippen LogP contribution in [0.25, 0.3) is 0 Å². The van der Waals surface area contributed by atoms with Gasteiger partial charge in [-0.3, -0.25) is 4.79 Å². The van der Waals surface area contributed by atoms with Gasteiger partial charge in [-0.25, -0.2) is 9.97 Å². The van der Waals surface area contributed by atoms with Crippen molar-refractivity contribution in [2.45, 2.75) is 10.1 Å². The van der Waals surface area contributed by atoms with E-state index in [1.165, 1.54) is 23.5 Å². The number of hydrogen-bond donors (Lipinski definition) is 2. The zero-order chi connectivity index (χ0) is 15.4. The Labute approximate surface area is 133 Å². The molecule has 7 heteroatoms. The fourth-order valence-electron chi connectivity index (χ4n) is 2.28. The van der Waals surface area contributed by atoms with E-state index in [1.807, 2.05) is 12.1 Å². The van der Waals surface area contributed by atoms with Crippen molar-refractivity contribution in [3.8, 4) is 0 Å². The van der Waals surface area contributed by atoms with E-state index in [2.05, 4.69) is 32.3 Å². The maximum Gasteiger partial charge on any atom is 0.267 e. The summed E-state index contributed by atoms with van der Waals surface area (Å²) in [4.78, 5) is 22.8. The molecule has 2 heterocycles. The number of benzene rings is 1. The number of nitrogens with one attached hydrogen (secondary N) is 1. The third-order valence-corrected chi connectivity index (χ3v) is 4.30. The topological polar surface area (TPSA) is 84.1 Å². The molecule has 1 aromatic heterocycles. The van der Waals surface area contributed by atoms with Gasteiger partial charge in [0, 0.05) is 43.0 Å². The van der Waals surface area contributed by atoms with Crippen LogP contribution in [-0.4, -0.2) is 42.1 Å². The Morgan fingerprint density at radius 1 is 1.18 bits per heavy atom. The highest BCUT2D eigenvalue weighted by molar-refractivity contribution is 7.99. The summed E-state index contributed by atoms with van der Waals surface area (Å²) in [6.45, 7) is 4.08. The van der Waals surface area contributed by atoms with Gasteiger partial charge in [-0.15, -0.1) is 0 Å². The van der Waals surface area contributed by atoms with Crippen molar-refractivity contribution in [2.24, 2.45) is 5.73 Å². The number of nitrogens with zero attached hydrogens (tertiary/aromatic N) is 3. The normalized spacial score (nSPS) is 14.8. The van der Waals surface area contributed by atoms with Gasteiger partial charge in [0.05, 0.1) is 0 Å². The number of primary amides is 1. The van der Waals surface area contributed by atoms with Gasteiger partial charge in [-0.05, 0) is 42.1 Å². The number of anilines is 1. The molecule has 0 saturated carbocycles. The summed E-state index contributed by atoms with van der Waals surface area (Å²) in [5, 5.41) is 3.86. The molecule has 1 saturated heterocycles. The zero-order valence-electron chi connectivity index (χ0n) is 12.0. The summed E-state index contributed by atoms with van der Waals surface area (Å²) in [6.07, 6.45) is 1.55. The second-order valence-electron chi connectivity index (χ2n) is 4.92. The predicted molar refractivity (Wildman–Crippen MR) is 86.2 cm³/mol. The summed E-state index contributed by atoms with van der Waals surface area (Å²) >= 11 is 1.41. The van der Waals surface area contributed by atoms with Crippen molar-refractivity contribution >= 4 is 23.4 Å². The van der Waals surface area contributed by atoms with E-state index in [-0.39, 0.29) is 5.69 Å². The van der Waals surface area contributed by atoms with Crippen LogP contribution in [0.15, 0.2) is 46.6 Å². The van der Waals surface area contributed by atoms with Crippen LogP contribution >= 0.6 is 11.8 Å². The van der Waals surface area contributed by atoms with Crippen LogP contribution in [-0.2, 0) is 0 Å². The monoisotopic (exact) mass is 315 g/mol. The molecule has 1 aliphatic heterocycles. The number of piperazine rings is 1. The summed E-state index contributed by atoms with van der Waals surface area (Å²) in [6, 6.07) is 9.81. The van der Waals surface area contributed by atoms with Crippen molar-refractivity contribution < 1.29 is 4.79 Å². The Balaban J connectivity index is 1.70. The molecule has 3 rings (SSSR count). The Morgan fingerprint density at radius 2 is 1.91 bits per heavy atom. The minimum atomic E-state index is -0.543. The van der Waals surface area contributed by atoms with E-state index in [1.54, 1.807) is 6.20 Å². The standard InChI is InChI=1S/C15H17N5OS/c16-14(21)13-5-6-18-15(19-13)22-12-3-1-11(2-4-12)20-9-7-17-8-10-20/h1-6,17H,7-10H2,(H2,16,21). The van der Waals surface area contributed by atoms with Crippen LogP contribution in [0.3, 0.4) is 0 Å². The van der Waals surface area contributed by atoms with Crippen molar-refractivity contribution in [2.75, 3.05) is 31.1 Å². The molecule has 22 heavy (non-hydrogen) atoms. The number of carbonyl (C=O) groups excluding carboxylic acids is 1. The van der Waals surface area contributed by atoms with Crippen LogP contribution in [0.4, 0.5) is 5.69 Å². The Bertz CT molecular complexity index is 655. The maximum absolute atomic E-state index is 11.1. The molecule has 0 unspecified atom stereocenters. The molecule has 0 aliphatic carbocycles. The largest absolute Gasteiger partial charge is 0.369 e. The first-order valence-corrected chi connectivity index (χ1v) is 7.90. The molecule has 0 atom stereocenters. The second kappa shape index (κ2) is 6.76. The highest BCUT2D eigenvalue weighted by Gasteiger charge is 2.11. The number of rotatable bonds is 4. The lowest BCUT2D eigenvalue weighted by Gasteiger charge is -2.29. The predicted octanol–water partition coefficient (Wildman–Crippen LogP) is 1.14. The number of nitrogens with two attached hydrogens (primary N) is 1. The first-order chi connectivity index (χ1) is 10.7. The number of carbonyl (C=O) groups is 1. The Hall–Kier alpha value is -2.12. The quantitative estimate of drug-likeness (QED) is 0.823. The molecule has 1 aromatic carbocycles. The molecule has 3 N–H and O–H groups in total. The Morgan fingerprint density at radius 3 is 2.59 bits per heavy atom. The summed E-state index contributed by atoms with van der Waals surface area (Å²) in [5.41, 5.74) is 6.68. The minimum Gasteiger partial charge on any atom is -0.369 e. The van der Waals surface area contributed by atoms with Gasteiger partial charge in [0.25, 0.3) is 5.91 Å². The number of hydrogen-bond acceptors (Lipinski definition) is 6. The van der Waals surface area contributed by atoms with E-state index in [9.17, 15) is 4.79 Å². The van der Waals surface area contributed by atoms with Crippen molar-refractivity contribution in [1.29, 1.82) is 0 Å². The van der Waals surface area contributed by atoms with E-state index in [0.717, 1.165) is 31.1 Å². The number of aromatic nitrogens is 2. The molecule has 6 nitrogen and oxygen atoms in total. The molecule has 1 fully saturated rings. The molecule has 0 bridgehead atoms. The first-order valence-electron chi connectivity index (χ1n) is 7.09. The molecule has 114 valence electrons. The van der Waals surface area contributed by atoms with Gasteiger partial charge >= 0.3 is 0 Å². The number of amides is 1.